The van der Waals surface area contributed by atoms with Crippen LogP contribution in [0, 0.1) is 5.82 Å². The minimum absolute atomic E-state index is 0.0404. The van der Waals surface area contributed by atoms with E-state index in [1.807, 2.05) is 30.3 Å². The second-order valence-electron chi connectivity index (χ2n) is 4.15. The Bertz CT molecular complexity index is 513. The summed E-state index contributed by atoms with van der Waals surface area (Å²) in [5.41, 5.74) is 2.06. The minimum Gasteiger partial charge on any atom is -0.207 e. The van der Waals surface area contributed by atoms with Gasteiger partial charge in [0.25, 0.3) is 0 Å². The van der Waals surface area contributed by atoms with Gasteiger partial charge >= 0.3 is 0 Å². The highest BCUT2D eigenvalue weighted by atomic mass is 79.9. The monoisotopic (exact) mass is 326 g/mol. The van der Waals surface area contributed by atoms with E-state index in [4.69, 9.17) is 11.6 Å². The van der Waals surface area contributed by atoms with Crippen molar-refractivity contribution in [2.75, 3.05) is 0 Å². The quantitative estimate of drug-likeness (QED) is 0.650. The number of hydrogen-bond acceptors (Lipinski definition) is 0. The van der Waals surface area contributed by atoms with Gasteiger partial charge in [0.05, 0.1) is 5.38 Å². The molecule has 2 aromatic rings. The van der Waals surface area contributed by atoms with Crippen molar-refractivity contribution in [1.29, 1.82) is 0 Å². The molecule has 1 unspecified atom stereocenters. The fourth-order valence-corrected chi connectivity index (χ4v) is 2.55. The van der Waals surface area contributed by atoms with Gasteiger partial charge in [0, 0.05) is 4.47 Å². The molecule has 0 nitrogen and oxygen atoms in total. The maximum absolute atomic E-state index is 13.1. The molecule has 0 bridgehead atoms. The molecular weight excluding hydrogens is 315 g/mol. The zero-order chi connectivity index (χ0) is 13.0. The Morgan fingerprint density at radius 3 is 2.56 bits per heavy atom. The van der Waals surface area contributed by atoms with Crippen molar-refractivity contribution in [3.8, 4) is 0 Å². The van der Waals surface area contributed by atoms with Gasteiger partial charge in [-0.3, -0.25) is 0 Å². The Balaban J connectivity index is 2.01. The van der Waals surface area contributed by atoms with Gasteiger partial charge in [-0.2, -0.15) is 0 Å². The molecule has 2 rings (SSSR count). The first-order chi connectivity index (χ1) is 8.66. The van der Waals surface area contributed by atoms with Gasteiger partial charge in [-0.1, -0.05) is 46.3 Å². The molecule has 0 aliphatic rings. The normalized spacial score (nSPS) is 12.4. The molecule has 0 amide bonds. The summed E-state index contributed by atoms with van der Waals surface area (Å²) in [6.45, 7) is 0. The van der Waals surface area contributed by atoms with Crippen LogP contribution >= 0.6 is 27.5 Å². The van der Waals surface area contributed by atoms with E-state index in [0.717, 1.165) is 28.4 Å². The lowest BCUT2D eigenvalue weighted by molar-refractivity contribution is 0.623. The van der Waals surface area contributed by atoms with Crippen LogP contribution in [0.1, 0.15) is 22.9 Å². The van der Waals surface area contributed by atoms with Gasteiger partial charge in [0.15, 0.2) is 0 Å². The first-order valence-corrected chi connectivity index (χ1v) is 7.02. The molecule has 0 aromatic heterocycles. The molecular formula is C15H13BrClF. The maximum Gasteiger partial charge on any atom is 0.123 e. The fraction of sp³-hybridized carbons (Fsp3) is 0.200. The summed E-state index contributed by atoms with van der Waals surface area (Å²) in [4.78, 5) is 0. The standard InChI is InChI=1S/C15H13BrClF/c16-14-8-7-13(18)10-12(14)6-9-15(17)11-4-2-1-3-5-11/h1-5,7-8,10,15H,6,9H2. The molecule has 0 heterocycles. The summed E-state index contributed by atoms with van der Waals surface area (Å²) >= 11 is 9.77. The molecule has 3 heteroatoms. The lowest BCUT2D eigenvalue weighted by Gasteiger charge is -2.10. The van der Waals surface area contributed by atoms with Crippen molar-refractivity contribution in [3.63, 3.8) is 0 Å². The highest BCUT2D eigenvalue weighted by Crippen LogP contribution is 2.27. The summed E-state index contributed by atoms with van der Waals surface area (Å²) in [5.74, 6) is -0.209. The summed E-state index contributed by atoms with van der Waals surface area (Å²) in [6, 6.07) is 14.7. The minimum atomic E-state index is -0.209. The van der Waals surface area contributed by atoms with E-state index in [2.05, 4.69) is 15.9 Å². The smallest absolute Gasteiger partial charge is 0.123 e. The summed E-state index contributed by atoms with van der Waals surface area (Å²) < 4.78 is 14.1. The largest absolute Gasteiger partial charge is 0.207 e. The topological polar surface area (TPSA) is 0 Å². The molecule has 0 fully saturated rings. The van der Waals surface area contributed by atoms with Crippen LogP contribution < -0.4 is 0 Å². The first-order valence-electron chi connectivity index (χ1n) is 5.80. The second kappa shape index (κ2) is 6.35. The highest BCUT2D eigenvalue weighted by Gasteiger charge is 2.09. The fourth-order valence-electron chi connectivity index (χ4n) is 1.85. The van der Waals surface area contributed by atoms with Gasteiger partial charge in [-0.25, -0.2) is 4.39 Å². The van der Waals surface area contributed by atoms with E-state index in [1.165, 1.54) is 6.07 Å². The third-order valence-electron chi connectivity index (χ3n) is 2.84. The lowest BCUT2D eigenvalue weighted by atomic mass is 10.0. The van der Waals surface area contributed by atoms with Crippen LogP contribution in [0.3, 0.4) is 0 Å². The Kier molecular flexibility index (Phi) is 4.79. The van der Waals surface area contributed by atoms with E-state index in [9.17, 15) is 4.39 Å². The van der Waals surface area contributed by atoms with Gasteiger partial charge in [-0.15, -0.1) is 11.6 Å². The van der Waals surface area contributed by atoms with Crippen LogP contribution in [0.25, 0.3) is 0 Å². The third kappa shape index (κ3) is 3.56. The maximum atomic E-state index is 13.1. The van der Waals surface area contributed by atoms with Gasteiger partial charge in [0.1, 0.15) is 5.82 Å². The molecule has 94 valence electrons. The predicted molar refractivity (Wildman–Crippen MR) is 77.5 cm³/mol. The van der Waals surface area contributed by atoms with E-state index in [0.29, 0.717) is 0 Å². The molecule has 0 spiro atoms. The summed E-state index contributed by atoms with van der Waals surface area (Å²) in [7, 11) is 0. The van der Waals surface area contributed by atoms with Crippen LogP contribution in [0.2, 0.25) is 0 Å². The number of alkyl halides is 1. The van der Waals surface area contributed by atoms with Gasteiger partial charge in [0.2, 0.25) is 0 Å². The van der Waals surface area contributed by atoms with Crippen LogP contribution in [-0.2, 0) is 6.42 Å². The number of rotatable bonds is 4. The Labute approximate surface area is 120 Å². The molecule has 0 N–H and O–H groups in total. The number of benzene rings is 2. The predicted octanol–water partition coefficient (Wildman–Crippen LogP) is 5.50. The Morgan fingerprint density at radius 1 is 1.11 bits per heavy atom. The van der Waals surface area contributed by atoms with Crippen LogP contribution in [0.4, 0.5) is 4.39 Å². The molecule has 1 atom stereocenters. The number of halogens is 3. The Hall–Kier alpha value is -0.860. The molecule has 18 heavy (non-hydrogen) atoms. The van der Waals surface area contributed by atoms with Crippen molar-refractivity contribution < 1.29 is 4.39 Å². The average molecular weight is 328 g/mol. The van der Waals surface area contributed by atoms with Crippen LogP contribution in [-0.4, -0.2) is 0 Å². The summed E-state index contributed by atoms with van der Waals surface area (Å²) in [5, 5.41) is -0.0404. The molecule has 0 radical (unpaired) electrons. The lowest BCUT2D eigenvalue weighted by Crippen LogP contribution is -1.95. The van der Waals surface area contributed by atoms with Crippen LogP contribution in [0.5, 0.6) is 0 Å². The van der Waals surface area contributed by atoms with Crippen molar-refractivity contribution >= 4 is 27.5 Å². The molecule has 0 aliphatic heterocycles. The second-order valence-corrected chi connectivity index (χ2v) is 5.53. The number of aryl methyl sites for hydroxylation is 1. The molecule has 0 saturated carbocycles. The molecule has 0 aliphatic carbocycles. The average Bonchev–Trinajstić information content (AvgIpc) is 2.40. The van der Waals surface area contributed by atoms with Crippen molar-refractivity contribution in [2.45, 2.75) is 18.2 Å². The third-order valence-corrected chi connectivity index (χ3v) is 4.08. The van der Waals surface area contributed by atoms with Gasteiger partial charge in [-0.05, 0) is 42.2 Å². The number of hydrogen-bond donors (Lipinski definition) is 0. The first kappa shape index (κ1) is 13.6. The van der Waals surface area contributed by atoms with Crippen LogP contribution in [0.15, 0.2) is 53.0 Å². The van der Waals surface area contributed by atoms with E-state index in [1.54, 1.807) is 12.1 Å². The molecule has 0 saturated heterocycles. The zero-order valence-electron chi connectivity index (χ0n) is 9.74. The van der Waals surface area contributed by atoms with E-state index >= 15 is 0 Å². The van der Waals surface area contributed by atoms with Crippen molar-refractivity contribution in [1.82, 2.24) is 0 Å². The van der Waals surface area contributed by atoms with Crippen molar-refractivity contribution in [2.24, 2.45) is 0 Å². The van der Waals surface area contributed by atoms with E-state index in [-0.39, 0.29) is 11.2 Å². The summed E-state index contributed by atoms with van der Waals surface area (Å²) in [6.07, 6.45) is 1.54. The van der Waals surface area contributed by atoms with Crippen molar-refractivity contribution in [3.05, 3.63) is 69.9 Å². The Morgan fingerprint density at radius 2 is 1.83 bits per heavy atom. The zero-order valence-corrected chi connectivity index (χ0v) is 12.1. The van der Waals surface area contributed by atoms with Gasteiger partial charge < -0.3 is 0 Å². The molecule has 2 aromatic carbocycles. The SMILES string of the molecule is Fc1ccc(Br)c(CCC(Cl)c2ccccc2)c1. The van der Waals surface area contributed by atoms with E-state index < -0.39 is 0 Å². The highest BCUT2D eigenvalue weighted by molar-refractivity contribution is 9.10.